The fourth-order valence-electron chi connectivity index (χ4n) is 4.53. The first-order valence-electron chi connectivity index (χ1n) is 9.87. The number of hydrogen-bond acceptors (Lipinski definition) is 3. The fourth-order valence-corrected chi connectivity index (χ4v) is 4.73. The van der Waals surface area contributed by atoms with Gasteiger partial charge in [-0.25, -0.2) is 13.6 Å². The number of urea groups is 1. The number of pyridine rings is 1. The van der Waals surface area contributed by atoms with Gasteiger partial charge in [-0.05, 0) is 40.8 Å². The van der Waals surface area contributed by atoms with Crippen LogP contribution in [0.1, 0.15) is 28.4 Å². The molecule has 6 nitrogen and oxygen atoms in total. The number of amides is 2. The van der Waals surface area contributed by atoms with Crippen molar-refractivity contribution in [1.82, 2.24) is 20.1 Å². The summed E-state index contributed by atoms with van der Waals surface area (Å²) in [5.74, 6) is -2.11. The SMILES string of the molecule is CN(C(=O)N1Cc2ccc(Cl)cc2C1)[C@@H]1CNCc2[nH]c(=O)c3cc(F)c(F)cc3c21. The van der Waals surface area contributed by atoms with Crippen molar-refractivity contribution in [1.29, 1.82) is 0 Å². The Hall–Kier alpha value is -2.97. The lowest BCUT2D eigenvalue weighted by atomic mass is 9.94. The molecule has 0 bridgehead atoms. The highest BCUT2D eigenvalue weighted by atomic mass is 35.5. The Balaban J connectivity index is 1.53. The number of aromatic amines is 1. The zero-order valence-corrected chi connectivity index (χ0v) is 17.4. The Labute approximate surface area is 181 Å². The van der Waals surface area contributed by atoms with Gasteiger partial charge in [0.15, 0.2) is 11.6 Å². The summed E-state index contributed by atoms with van der Waals surface area (Å²) in [5, 5.41) is 4.20. The maximum Gasteiger partial charge on any atom is 0.320 e. The van der Waals surface area contributed by atoms with Crippen molar-refractivity contribution in [3.63, 3.8) is 0 Å². The van der Waals surface area contributed by atoms with E-state index in [2.05, 4.69) is 10.3 Å². The number of H-pyrrole nitrogens is 1. The molecule has 2 N–H and O–H groups in total. The van der Waals surface area contributed by atoms with Gasteiger partial charge in [0.05, 0.1) is 11.4 Å². The molecule has 3 heterocycles. The van der Waals surface area contributed by atoms with E-state index in [1.807, 2.05) is 12.1 Å². The maximum absolute atomic E-state index is 14.1. The van der Waals surface area contributed by atoms with Gasteiger partial charge < -0.3 is 20.1 Å². The van der Waals surface area contributed by atoms with Crippen LogP contribution in [0.4, 0.5) is 13.6 Å². The van der Waals surface area contributed by atoms with Gasteiger partial charge in [-0.2, -0.15) is 0 Å². The summed E-state index contributed by atoms with van der Waals surface area (Å²) in [4.78, 5) is 31.8. The number of hydrogen-bond donors (Lipinski definition) is 2. The van der Waals surface area contributed by atoms with E-state index in [0.717, 1.165) is 23.3 Å². The number of carbonyl (C=O) groups is 1. The van der Waals surface area contributed by atoms with E-state index in [1.54, 1.807) is 22.9 Å². The predicted octanol–water partition coefficient (Wildman–Crippen LogP) is 3.67. The normalized spacial score (nSPS) is 17.5. The maximum atomic E-state index is 14.1. The van der Waals surface area contributed by atoms with E-state index in [0.29, 0.717) is 47.8 Å². The second kappa shape index (κ2) is 7.32. The summed E-state index contributed by atoms with van der Waals surface area (Å²) in [6.07, 6.45) is 0. The molecule has 2 aliphatic rings. The molecule has 0 unspecified atom stereocenters. The molecule has 2 aliphatic heterocycles. The molecule has 2 amide bonds. The van der Waals surface area contributed by atoms with Crippen LogP contribution in [0.2, 0.25) is 5.02 Å². The van der Waals surface area contributed by atoms with E-state index < -0.39 is 23.2 Å². The minimum absolute atomic E-state index is 0.0635. The lowest BCUT2D eigenvalue weighted by Gasteiger charge is -2.36. The molecule has 9 heteroatoms. The Morgan fingerprint density at radius 2 is 1.84 bits per heavy atom. The summed E-state index contributed by atoms with van der Waals surface area (Å²) < 4.78 is 27.9. The molecule has 2 aromatic carbocycles. The van der Waals surface area contributed by atoms with Crippen LogP contribution in [-0.2, 0) is 19.6 Å². The first-order chi connectivity index (χ1) is 14.8. The van der Waals surface area contributed by atoms with Crippen LogP contribution in [0.5, 0.6) is 0 Å². The minimum atomic E-state index is -1.08. The summed E-state index contributed by atoms with van der Waals surface area (Å²) in [6.45, 7) is 1.70. The van der Waals surface area contributed by atoms with Crippen LogP contribution >= 0.6 is 11.6 Å². The third-order valence-corrected chi connectivity index (χ3v) is 6.32. The molecule has 3 aromatic rings. The summed E-state index contributed by atoms with van der Waals surface area (Å²) in [5.41, 5.74) is 2.75. The lowest BCUT2D eigenvalue weighted by molar-refractivity contribution is 0.143. The fraction of sp³-hybridized carbons (Fsp3) is 0.273. The molecule has 31 heavy (non-hydrogen) atoms. The number of rotatable bonds is 1. The number of nitrogens with zero attached hydrogens (tertiary/aromatic N) is 2. The number of nitrogens with one attached hydrogen (secondary N) is 2. The number of likely N-dealkylation sites (N-methyl/N-ethyl adjacent to an activating group) is 1. The standard InChI is InChI=1S/C22H19ClF2N4O2/c1-28(22(31)29-9-11-2-3-13(23)4-12(11)10-29)19-8-26-7-18-20(19)14-5-16(24)17(25)6-15(14)21(30)27-18/h2-6,19,26H,7-10H2,1H3,(H,27,30)/t19-/m1/s1. The van der Waals surface area contributed by atoms with Crippen LogP contribution in [0.15, 0.2) is 35.1 Å². The molecule has 1 atom stereocenters. The van der Waals surface area contributed by atoms with Gasteiger partial charge in [-0.1, -0.05) is 17.7 Å². The van der Waals surface area contributed by atoms with Crippen molar-refractivity contribution in [2.24, 2.45) is 0 Å². The average Bonchev–Trinajstić information content (AvgIpc) is 3.17. The Kier molecular flexibility index (Phi) is 4.71. The topological polar surface area (TPSA) is 68.4 Å². The van der Waals surface area contributed by atoms with Crippen LogP contribution in [-0.4, -0.2) is 34.4 Å². The van der Waals surface area contributed by atoms with Gasteiger partial charge in [-0.15, -0.1) is 0 Å². The molecule has 0 radical (unpaired) electrons. The number of carbonyl (C=O) groups excluding carboxylic acids is 1. The monoisotopic (exact) mass is 444 g/mol. The van der Waals surface area contributed by atoms with Gasteiger partial charge in [0.25, 0.3) is 5.56 Å². The highest BCUT2D eigenvalue weighted by Crippen LogP contribution is 2.34. The van der Waals surface area contributed by atoms with Crippen LogP contribution in [0.25, 0.3) is 10.8 Å². The van der Waals surface area contributed by atoms with Gasteiger partial charge >= 0.3 is 6.03 Å². The number of benzene rings is 2. The Bertz CT molecular complexity index is 1290. The third kappa shape index (κ3) is 3.26. The number of fused-ring (bicyclic) bond motifs is 4. The average molecular weight is 445 g/mol. The van der Waals surface area contributed by atoms with Gasteiger partial charge in [0, 0.05) is 49.5 Å². The second-order valence-electron chi connectivity index (χ2n) is 7.97. The van der Waals surface area contributed by atoms with Crippen molar-refractivity contribution in [3.8, 4) is 0 Å². The van der Waals surface area contributed by atoms with E-state index in [1.165, 1.54) is 0 Å². The van der Waals surface area contributed by atoms with Crippen LogP contribution in [0, 0.1) is 11.6 Å². The van der Waals surface area contributed by atoms with E-state index >= 15 is 0 Å². The molecule has 0 spiro atoms. The molecule has 0 saturated carbocycles. The zero-order chi connectivity index (χ0) is 21.9. The molecular formula is C22H19ClF2N4O2. The molecule has 1 aromatic heterocycles. The van der Waals surface area contributed by atoms with Crippen molar-refractivity contribution in [2.45, 2.75) is 25.7 Å². The summed E-state index contributed by atoms with van der Waals surface area (Å²) >= 11 is 6.07. The van der Waals surface area contributed by atoms with E-state index in [-0.39, 0.29) is 11.4 Å². The van der Waals surface area contributed by atoms with Crippen molar-refractivity contribution < 1.29 is 13.6 Å². The third-order valence-electron chi connectivity index (χ3n) is 6.09. The smallest absolute Gasteiger partial charge is 0.320 e. The number of halogens is 3. The highest BCUT2D eigenvalue weighted by molar-refractivity contribution is 6.30. The molecule has 0 aliphatic carbocycles. The van der Waals surface area contributed by atoms with Gasteiger partial charge in [0.1, 0.15) is 0 Å². The molecule has 160 valence electrons. The summed E-state index contributed by atoms with van der Waals surface area (Å²) in [7, 11) is 1.68. The zero-order valence-electron chi connectivity index (χ0n) is 16.6. The Morgan fingerprint density at radius 3 is 2.61 bits per heavy atom. The van der Waals surface area contributed by atoms with Crippen molar-refractivity contribution in [2.75, 3.05) is 13.6 Å². The second-order valence-corrected chi connectivity index (χ2v) is 8.40. The molecule has 5 rings (SSSR count). The molecular weight excluding hydrogens is 426 g/mol. The van der Waals surface area contributed by atoms with E-state index in [9.17, 15) is 18.4 Å². The van der Waals surface area contributed by atoms with Gasteiger partial charge in [0.2, 0.25) is 0 Å². The number of aromatic nitrogens is 1. The van der Waals surface area contributed by atoms with Gasteiger partial charge in [-0.3, -0.25) is 4.79 Å². The Morgan fingerprint density at radius 1 is 1.13 bits per heavy atom. The first kappa shape index (κ1) is 20.0. The summed E-state index contributed by atoms with van der Waals surface area (Å²) in [6, 6.07) is 6.86. The van der Waals surface area contributed by atoms with Crippen LogP contribution < -0.4 is 10.9 Å². The van der Waals surface area contributed by atoms with Crippen molar-refractivity contribution >= 4 is 28.4 Å². The molecule has 0 fully saturated rings. The first-order valence-corrected chi connectivity index (χ1v) is 10.2. The van der Waals surface area contributed by atoms with Crippen molar-refractivity contribution in [3.05, 3.63) is 79.7 Å². The predicted molar refractivity (Wildman–Crippen MR) is 113 cm³/mol. The largest absolute Gasteiger partial charge is 0.324 e. The highest BCUT2D eigenvalue weighted by Gasteiger charge is 2.34. The lowest BCUT2D eigenvalue weighted by Crippen LogP contribution is -2.46. The van der Waals surface area contributed by atoms with Crippen LogP contribution in [0.3, 0.4) is 0 Å². The van der Waals surface area contributed by atoms with E-state index in [4.69, 9.17) is 11.6 Å². The molecule has 0 saturated heterocycles. The minimum Gasteiger partial charge on any atom is -0.324 e. The quantitative estimate of drug-likeness (QED) is 0.601.